The van der Waals surface area contributed by atoms with Crippen molar-refractivity contribution in [1.29, 1.82) is 0 Å². The first-order valence-corrected chi connectivity index (χ1v) is 10.7. The molecule has 6 rings (SSSR count). The number of H-pyrrole nitrogens is 2. The Bertz CT molecular complexity index is 1610. The van der Waals surface area contributed by atoms with Crippen LogP contribution >= 0.6 is 11.3 Å². The van der Waals surface area contributed by atoms with Crippen LogP contribution < -0.4 is 0 Å². The Morgan fingerprint density at radius 1 is 1.00 bits per heavy atom. The number of hydrogen-bond acceptors (Lipinski definition) is 7. The molecule has 6 aromatic rings. The Labute approximate surface area is 185 Å². The van der Waals surface area contributed by atoms with E-state index in [1.165, 1.54) is 11.3 Å². The van der Waals surface area contributed by atoms with Crippen molar-refractivity contribution in [3.63, 3.8) is 0 Å². The van der Waals surface area contributed by atoms with Crippen molar-refractivity contribution in [2.24, 2.45) is 0 Å². The summed E-state index contributed by atoms with van der Waals surface area (Å²) >= 11 is 1.41. The second-order valence-electron chi connectivity index (χ2n) is 7.27. The fourth-order valence-electron chi connectivity index (χ4n) is 3.64. The van der Waals surface area contributed by atoms with Crippen molar-refractivity contribution < 1.29 is 4.79 Å². The molecule has 154 valence electrons. The molecule has 0 fully saturated rings. The van der Waals surface area contributed by atoms with Crippen molar-refractivity contribution in [2.75, 3.05) is 0 Å². The van der Waals surface area contributed by atoms with Gasteiger partial charge in [-0.3, -0.25) is 19.9 Å². The number of fused-ring (bicyclic) bond motifs is 2. The third kappa shape index (κ3) is 2.98. The second kappa shape index (κ2) is 7.17. The molecule has 8 nitrogen and oxygen atoms in total. The first-order valence-electron chi connectivity index (χ1n) is 9.89. The number of pyridine rings is 3. The number of imidazole rings is 1. The molecule has 0 aliphatic rings. The molecule has 0 atom stereocenters. The van der Waals surface area contributed by atoms with Crippen LogP contribution in [-0.2, 0) is 0 Å². The number of carbonyl (C=O) groups excluding carboxylic acids is 1. The van der Waals surface area contributed by atoms with E-state index < -0.39 is 0 Å². The van der Waals surface area contributed by atoms with Gasteiger partial charge >= 0.3 is 0 Å². The van der Waals surface area contributed by atoms with Gasteiger partial charge in [-0.1, -0.05) is 6.07 Å². The summed E-state index contributed by atoms with van der Waals surface area (Å²) in [6, 6.07) is 13.4. The molecule has 0 aliphatic heterocycles. The molecular weight excluding hydrogens is 422 g/mol. The lowest BCUT2D eigenvalue weighted by Gasteiger charge is -2.00. The minimum absolute atomic E-state index is 0.0374. The van der Waals surface area contributed by atoms with Gasteiger partial charge in [-0.05, 0) is 43.3 Å². The quantitative estimate of drug-likeness (QED) is 0.380. The Morgan fingerprint density at radius 3 is 2.75 bits per heavy atom. The fraction of sp³-hybridized carbons (Fsp3) is 0.0435. The molecule has 0 aliphatic carbocycles. The van der Waals surface area contributed by atoms with E-state index in [-0.39, 0.29) is 5.78 Å². The highest BCUT2D eigenvalue weighted by atomic mass is 32.1. The summed E-state index contributed by atoms with van der Waals surface area (Å²) in [6.45, 7) is 1.56. The highest BCUT2D eigenvalue weighted by Gasteiger charge is 2.18. The molecule has 0 radical (unpaired) electrons. The van der Waals surface area contributed by atoms with Crippen LogP contribution in [0.5, 0.6) is 0 Å². The maximum atomic E-state index is 11.7. The lowest BCUT2D eigenvalue weighted by Crippen LogP contribution is -1.86. The molecule has 0 aromatic carbocycles. The topological polar surface area (TPSA) is 113 Å². The minimum atomic E-state index is 0.0374. The summed E-state index contributed by atoms with van der Waals surface area (Å²) in [6.07, 6.45) is 5.26. The Kier molecular flexibility index (Phi) is 4.15. The number of carbonyl (C=O) groups is 1. The molecule has 0 saturated heterocycles. The van der Waals surface area contributed by atoms with Gasteiger partial charge in [0, 0.05) is 24.2 Å². The van der Waals surface area contributed by atoms with E-state index in [1.54, 1.807) is 25.5 Å². The van der Waals surface area contributed by atoms with Crippen LogP contribution in [0, 0.1) is 0 Å². The fourth-order valence-corrected chi connectivity index (χ4v) is 4.54. The Hall–Kier alpha value is -4.24. The maximum Gasteiger partial charge on any atom is 0.169 e. The van der Waals surface area contributed by atoms with Crippen LogP contribution in [0.1, 0.15) is 16.6 Å². The number of aromatic amines is 2. The number of aromatic nitrogens is 7. The molecule has 2 N–H and O–H groups in total. The van der Waals surface area contributed by atoms with Gasteiger partial charge in [0.15, 0.2) is 17.3 Å². The summed E-state index contributed by atoms with van der Waals surface area (Å²) in [5.74, 6) is 0.652. The molecule has 0 unspecified atom stereocenters. The van der Waals surface area contributed by atoms with Crippen LogP contribution in [0.4, 0.5) is 0 Å². The Balaban J connectivity index is 1.49. The van der Waals surface area contributed by atoms with E-state index in [4.69, 9.17) is 4.98 Å². The van der Waals surface area contributed by atoms with E-state index in [1.807, 2.05) is 42.5 Å². The first kappa shape index (κ1) is 18.5. The van der Waals surface area contributed by atoms with Gasteiger partial charge in [0.2, 0.25) is 0 Å². The SMILES string of the molecule is CC(=O)c1ccc(-c2nccc3[nH]c(-c4n[nH]c5ncc(-c6ccccn6)cc45)nc23)s1. The zero-order valence-corrected chi connectivity index (χ0v) is 17.6. The summed E-state index contributed by atoms with van der Waals surface area (Å²) < 4.78 is 0. The molecule has 9 heteroatoms. The van der Waals surface area contributed by atoms with Crippen LogP contribution in [0.2, 0.25) is 0 Å². The van der Waals surface area contributed by atoms with Gasteiger partial charge in [-0.15, -0.1) is 11.3 Å². The summed E-state index contributed by atoms with van der Waals surface area (Å²) in [5.41, 5.74) is 5.37. The average molecular weight is 437 g/mol. The van der Waals surface area contributed by atoms with Crippen molar-refractivity contribution in [2.45, 2.75) is 6.92 Å². The zero-order valence-electron chi connectivity index (χ0n) is 16.8. The predicted molar refractivity (Wildman–Crippen MR) is 123 cm³/mol. The van der Waals surface area contributed by atoms with Crippen molar-refractivity contribution in [3.05, 3.63) is 65.9 Å². The van der Waals surface area contributed by atoms with Crippen LogP contribution in [0.15, 0.2) is 61.1 Å². The summed E-state index contributed by atoms with van der Waals surface area (Å²) in [4.78, 5) is 34.9. The number of rotatable bonds is 4. The van der Waals surface area contributed by atoms with Gasteiger partial charge in [0.1, 0.15) is 16.9 Å². The number of Topliss-reactive ketones (excluding diaryl/α,β-unsaturated/α-hetero) is 1. The van der Waals surface area contributed by atoms with Crippen LogP contribution in [0.25, 0.3) is 55.4 Å². The van der Waals surface area contributed by atoms with E-state index in [9.17, 15) is 4.79 Å². The standard InChI is InChI=1S/C23H15N7OS/c1-12(31)17-5-6-18(32-17)21-20-16(7-9-25-21)27-23(28-20)19-14-10-13(11-26-22(14)30-29-19)15-4-2-3-8-24-15/h2-11H,1H3,(H,27,28)(H,26,29,30). The van der Waals surface area contributed by atoms with Crippen molar-refractivity contribution in [3.8, 4) is 33.3 Å². The average Bonchev–Trinajstić information content (AvgIpc) is 3.56. The van der Waals surface area contributed by atoms with E-state index in [0.717, 1.165) is 38.2 Å². The third-order valence-corrected chi connectivity index (χ3v) is 6.38. The molecule has 32 heavy (non-hydrogen) atoms. The van der Waals surface area contributed by atoms with Crippen molar-refractivity contribution >= 4 is 39.2 Å². The first-order chi connectivity index (χ1) is 15.7. The molecule has 6 heterocycles. The highest BCUT2D eigenvalue weighted by Crippen LogP contribution is 2.34. The van der Waals surface area contributed by atoms with E-state index >= 15 is 0 Å². The normalized spacial score (nSPS) is 11.4. The number of thiophene rings is 1. The highest BCUT2D eigenvalue weighted by molar-refractivity contribution is 7.17. The summed E-state index contributed by atoms with van der Waals surface area (Å²) in [7, 11) is 0. The zero-order chi connectivity index (χ0) is 21.7. The molecule has 0 bridgehead atoms. The molecule has 0 amide bonds. The van der Waals surface area contributed by atoms with Crippen LogP contribution in [-0.4, -0.2) is 40.9 Å². The summed E-state index contributed by atoms with van der Waals surface area (Å²) in [5, 5.41) is 8.28. The monoisotopic (exact) mass is 437 g/mol. The molecule has 0 spiro atoms. The Morgan fingerprint density at radius 2 is 1.94 bits per heavy atom. The lowest BCUT2D eigenvalue weighted by molar-refractivity contribution is 0.102. The maximum absolute atomic E-state index is 11.7. The van der Waals surface area contributed by atoms with Crippen LogP contribution in [0.3, 0.4) is 0 Å². The lowest BCUT2D eigenvalue weighted by atomic mass is 10.1. The molecule has 0 saturated carbocycles. The smallest absolute Gasteiger partial charge is 0.169 e. The number of ketones is 1. The number of nitrogens with one attached hydrogen (secondary N) is 2. The van der Waals surface area contributed by atoms with Crippen molar-refractivity contribution in [1.82, 2.24) is 35.1 Å². The van der Waals surface area contributed by atoms with Gasteiger partial charge in [-0.25, -0.2) is 9.97 Å². The predicted octanol–water partition coefficient (Wildman–Crippen LogP) is 4.89. The number of nitrogens with zero attached hydrogens (tertiary/aromatic N) is 5. The molecular formula is C23H15N7OS. The number of hydrogen-bond donors (Lipinski definition) is 2. The molecule has 6 aromatic heterocycles. The van der Waals surface area contributed by atoms with E-state index in [0.29, 0.717) is 22.0 Å². The largest absolute Gasteiger partial charge is 0.336 e. The van der Waals surface area contributed by atoms with Gasteiger partial charge in [0.25, 0.3) is 0 Å². The van der Waals surface area contributed by atoms with E-state index in [2.05, 4.69) is 30.1 Å². The van der Waals surface area contributed by atoms with Gasteiger partial charge in [-0.2, -0.15) is 5.10 Å². The second-order valence-corrected chi connectivity index (χ2v) is 8.35. The third-order valence-electron chi connectivity index (χ3n) is 5.19. The van der Waals surface area contributed by atoms with Gasteiger partial charge in [0.05, 0.1) is 26.4 Å². The minimum Gasteiger partial charge on any atom is -0.336 e. The van der Waals surface area contributed by atoms with Gasteiger partial charge < -0.3 is 4.98 Å².